The summed E-state index contributed by atoms with van der Waals surface area (Å²) in [5.41, 5.74) is 0.00287. The van der Waals surface area contributed by atoms with Crippen molar-refractivity contribution < 1.29 is 9.66 Å². The van der Waals surface area contributed by atoms with Crippen molar-refractivity contribution in [2.45, 2.75) is 13.5 Å². The molecule has 1 aromatic heterocycles. The Morgan fingerprint density at radius 2 is 2.32 bits per heavy atom. The maximum Gasteiger partial charge on any atom is 0.273 e. The van der Waals surface area contributed by atoms with Gasteiger partial charge in [0, 0.05) is 12.6 Å². The molecule has 0 amide bonds. The number of hydrogen-bond acceptors (Lipinski definition) is 7. The Morgan fingerprint density at radius 1 is 1.47 bits per heavy atom. The maximum absolute atomic E-state index is 10.6. The van der Waals surface area contributed by atoms with Crippen LogP contribution in [0, 0.1) is 10.1 Å². The van der Waals surface area contributed by atoms with Crippen LogP contribution in [0.15, 0.2) is 24.3 Å². The van der Waals surface area contributed by atoms with Crippen LogP contribution in [0.3, 0.4) is 0 Å². The largest absolute Gasteiger partial charge is 0.486 e. The first-order valence-electron chi connectivity index (χ1n) is 5.62. The van der Waals surface area contributed by atoms with Gasteiger partial charge in [-0.25, -0.2) is 0 Å². The molecular weight excluding hydrogens is 268 g/mol. The second kappa shape index (κ2) is 6.10. The Balaban J connectivity index is 1.97. The normalized spacial score (nSPS) is 10.2. The molecule has 1 N–H and O–H groups in total. The summed E-state index contributed by atoms with van der Waals surface area (Å²) < 4.78 is 5.45. The zero-order valence-corrected chi connectivity index (χ0v) is 11.0. The molecule has 8 heteroatoms. The fraction of sp³-hybridized carbons (Fsp3) is 0.273. The Bertz CT molecular complexity index is 573. The third-order valence-corrected chi connectivity index (χ3v) is 3.04. The first-order chi connectivity index (χ1) is 9.19. The molecular formula is C11H12N4O3S. The minimum Gasteiger partial charge on any atom is -0.486 e. The summed E-state index contributed by atoms with van der Waals surface area (Å²) >= 11 is 1.39. The molecule has 1 aromatic carbocycles. The number of nitrogens with one attached hydrogen (secondary N) is 1. The molecule has 0 fully saturated rings. The van der Waals surface area contributed by atoms with Crippen LogP contribution >= 0.6 is 11.3 Å². The van der Waals surface area contributed by atoms with Gasteiger partial charge in [0.1, 0.15) is 12.4 Å². The lowest BCUT2D eigenvalue weighted by Gasteiger charge is -2.02. The number of aromatic nitrogens is 2. The lowest BCUT2D eigenvalue weighted by molar-refractivity contribution is -0.384. The molecule has 0 radical (unpaired) electrons. The highest BCUT2D eigenvalue weighted by atomic mass is 32.1. The number of nitrogens with zero attached hydrogens (tertiary/aromatic N) is 3. The van der Waals surface area contributed by atoms with Crippen LogP contribution in [0.25, 0.3) is 0 Å². The standard InChI is InChI=1S/C11H12N4O3S/c1-2-12-11-14-13-10(19-11)7-18-9-5-3-4-8(6-9)15(16)17/h3-6H,2,7H2,1H3,(H,12,14). The summed E-state index contributed by atoms with van der Waals surface area (Å²) in [5.74, 6) is 0.439. The van der Waals surface area contributed by atoms with Crippen molar-refractivity contribution in [1.82, 2.24) is 10.2 Å². The van der Waals surface area contributed by atoms with Crippen LogP contribution in [0.5, 0.6) is 5.75 Å². The number of non-ortho nitro benzene ring substituents is 1. The van der Waals surface area contributed by atoms with E-state index in [4.69, 9.17) is 4.74 Å². The zero-order chi connectivity index (χ0) is 13.7. The van der Waals surface area contributed by atoms with Gasteiger partial charge >= 0.3 is 0 Å². The molecule has 0 aliphatic rings. The van der Waals surface area contributed by atoms with Crippen LogP contribution in [0.2, 0.25) is 0 Å². The molecule has 0 spiro atoms. The first kappa shape index (κ1) is 13.2. The third-order valence-electron chi connectivity index (χ3n) is 2.19. The summed E-state index contributed by atoms with van der Waals surface area (Å²) in [6.45, 7) is 2.99. The molecule has 2 rings (SSSR count). The van der Waals surface area contributed by atoms with Gasteiger partial charge in [0.25, 0.3) is 5.69 Å². The van der Waals surface area contributed by atoms with Gasteiger partial charge in [-0.1, -0.05) is 17.4 Å². The monoisotopic (exact) mass is 280 g/mol. The molecule has 0 aliphatic carbocycles. The minimum absolute atomic E-state index is 0.00287. The van der Waals surface area contributed by atoms with E-state index in [0.717, 1.165) is 11.7 Å². The summed E-state index contributed by atoms with van der Waals surface area (Å²) in [4.78, 5) is 10.2. The number of benzene rings is 1. The van der Waals surface area contributed by atoms with Crippen molar-refractivity contribution in [2.75, 3.05) is 11.9 Å². The lowest BCUT2D eigenvalue weighted by atomic mass is 10.3. The predicted molar refractivity (Wildman–Crippen MR) is 71.5 cm³/mol. The summed E-state index contributed by atoms with van der Waals surface area (Å²) in [5, 5.41) is 23.0. The van der Waals surface area contributed by atoms with Crippen LogP contribution < -0.4 is 10.1 Å². The maximum atomic E-state index is 10.6. The van der Waals surface area contributed by atoms with Crippen LogP contribution in [0.4, 0.5) is 10.8 Å². The third kappa shape index (κ3) is 3.62. The number of ether oxygens (including phenoxy) is 1. The van der Waals surface area contributed by atoms with Crippen molar-refractivity contribution in [3.8, 4) is 5.75 Å². The van der Waals surface area contributed by atoms with Gasteiger partial charge < -0.3 is 10.1 Å². The lowest BCUT2D eigenvalue weighted by Crippen LogP contribution is -1.95. The van der Waals surface area contributed by atoms with E-state index in [9.17, 15) is 10.1 Å². The fourth-order valence-electron chi connectivity index (χ4n) is 1.37. The molecule has 0 aliphatic heterocycles. The zero-order valence-electron chi connectivity index (χ0n) is 10.2. The molecule has 0 saturated carbocycles. The molecule has 0 saturated heterocycles. The quantitative estimate of drug-likeness (QED) is 0.645. The molecule has 0 bridgehead atoms. The van der Waals surface area contributed by atoms with E-state index in [1.807, 2.05) is 6.92 Å². The second-order valence-corrected chi connectivity index (χ2v) is 4.64. The molecule has 1 heterocycles. The number of anilines is 1. The van der Waals surface area contributed by atoms with Crippen molar-refractivity contribution in [2.24, 2.45) is 0 Å². The van der Waals surface area contributed by atoms with Crippen molar-refractivity contribution in [3.05, 3.63) is 39.4 Å². The van der Waals surface area contributed by atoms with Crippen LogP contribution in [0.1, 0.15) is 11.9 Å². The van der Waals surface area contributed by atoms with Crippen molar-refractivity contribution in [1.29, 1.82) is 0 Å². The Hall–Kier alpha value is -2.22. The van der Waals surface area contributed by atoms with Gasteiger partial charge in [-0.05, 0) is 13.0 Å². The van der Waals surface area contributed by atoms with Gasteiger partial charge in [0.05, 0.1) is 11.0 Å². The minimum atomic E-state index is -0.457. The van der Waals surface area contributed by atoms with E-state index in [-0.39, 0.29) is 12.3 Å². The predicted octanol–water partition coefficient (Wildman–Crippen LogP) is 2.46. The highest BCUT2D eigenvalue weighted by molar-refractivity contribution is 7.15. The number of nitro groups is 1. The first-order valence-corrected chi connectivity index (χ1v) is 6.44. The van der Waals surface area contributed by atoms with Crippen LogP contribution in [-0.2, 0) is 6.61 Å². The molecule has 0 atom stereocenters. The van der Waals surface area contributed by atoms with E-state index in [0.29, 0.717) is 10.8 Å². The van der Waals surface area contributed by atoms with Gasteiger partial charge in [-0.3, -0.25) is 10.1 Å². The molecule has 100 valence electrons. The molecule has 7 nitrogen and oxygen atoms in total. The molecule has 2 aromatic rings. The average molecular weight is 280 g/mol. The number of nitro benzene ring substituents is 1. The van der Waals surface area contributed by atoms with Gasteiger partial charge in [0.15, 0.2) is 5.01 Å². The van der Waals surface area contributed by atoms with E-state index in [1.165, 1.54) is 23.5 Å². The topological polar surface area (TPSA) is 90.2 Å². The Morgan fingerprint density at radius 3 is 3.05 bits per heavy atom. The van der Waals surface area contributed by atoms with E-state index in [2.05, 4.69) is 15.5 Å². The number of hydrogen-bond donors (Lipinski definition) is 1. The van der Waals surface area contributed by atoms with Gasteiger partial charge in [-0.15, -0.1) is 10.2 Å². The Labute approximate surface area is 113 Å². The molecule has 19 heavy (non-hydrogen) atoms. The number of rotatable bonds is 6. The van der Waals surface area contributed by atoms with Crippen molar-refractivity contribution in [3.63, 3.8) is 0 Å². The van der Waals surface area contributed by atoms with E-state index >= 15 is 0 Å². The summed E-state index contributed by atoms with van der Waals surface area (Å²) in [6, 6.07) is 6.05. The average Bonchev–Trinajstić information content (AvgIpc) is 2.85. The highest BCUT2D eigenvalue weighted by Crippen LogP contribution is 2.21. The smallest absolute Gasteiger partial charge is 0.273 e. The fourth-order valence-corrected chi connectivity index (χ4v) is 2.09. The Kier molecular flexibility index (Phi) is 4.24. The van der Waals surface area contributed by atoms with Gasteiger partial charge in [-0.2, -0.15) is 0 Å². The van der Waals surface area contributed by atoms with Gasteiger partial charge in [0.2, 0.25) is 5.13 Å². The SMILES string of the molecule is CCNc1nnc(COc2cccc([N+](=O)[O-])c2)s1. The highest BCUT2D eigenvalue weighted by Gasteiger charge is 2.08. The second-order valence-electron chi connectivity index (χ2n) is 3.57. The van der Waals surface area contributed by atoms with Crippen LogP contribution in [-0.4, -0.2) is 21.7 Å². The van der Waals surface area contributed by atoms with E-state index in [1.54, 1.807) is 12.1 Å². The molecule has 0 unspecified atom stereocenters. The summed E-state index contributed by atoms with van der Waals surface area (Å²) in [7, 11) is 0. The summed E-state index contributed by atoms with van der Waals surface area (Å²) in [6.07, 6.45) is 0. The van der Waals surface area contributed by atoms with E-state index < -0.39 is 4.92 Å². The van der Waals surface area contributed by atoms with Crippen molar-refractivity contribution >= 4 is 22.2 Å².